The van der Waals surface area contributed by atoms with E-state index in [1.807, 2.05) is 19.1 Å². The first-order chi connectivity index (χ1) is 10.5. The minimum absolute atomic E-state index is 0.193. The van der Waals surface area contributed by atoms with Gasteiger partial charge in [-0.1, -0.05) is 35.3 Å². The maximum atomic E-state index is 13.6. The standard InChI is InChI=1S/C15H12Cl2FN3S/c1-9-11(16)4-3-7-14(9)20-15(22)21-19-8-10-12(17)5-2-6-13(10)18/h2-8H,1H3,(H2,20,21,22)/b19-8-. The van der Waals surface area contributed by atoms with E-state index in [0.29, 0.717) is 5.02 Å². The van der Waals surface area contributed by atoms with E-state index in [9.17, 15) is 4.39 Å². The van der Waals surface area contributed by atoms with E-state index in [1.165, 1.54) is 18.3 Å². The molecule has 22 heavy (non-hydrogen) atoms. The van der Waals surface area contributed by atoms with Crippen molar-refractivity contribution < 1.29 is 4.39 Å². The highest BCUT2D eigenvalue weighted by atomic mass is 35.5. The molecule has 3 nitrogen and oxygen atoms in total. The van der Waals surface area contributed by atoms with Gasteiger partial charge in [0.25, 0.3) is 0 Å². The van der Waals surface area contributed by atoms with Crippen LogP contribution in [0.2, 0.25) is 10.0 Å². The Bertz CT molecular complexity index is 714. The summed E-state index contributed by atoms with van der Waals surface area (Å²) in [6.07, 6.45) is 1.27. The monoisotopic (exact) mass is 355 g/mol. The van der Waals surface area contributed by atoms with Gasteiger partial charge in [0.15, 0.2) is 5.11 Å². The number of thiocarbonyl (C=S) groups is 1. The summed E-state index contributed by atoms with van der Waals surface area (Å²) in [5, 5.41) is 8.00. The molecule has 0 unspecified atom stereocenters. The minimum Gasteiger partial charge on any atom is -0.331 e. The predicted molar refractivity (Wildman–Crippen MR) is 94.5 cm³/mol. The molecule has 114 valence electrons. The summed E-state index contributed by atoms with van der Waals surface area (Å²) in [4.78, 5) is 0. The van der Waals surface area contributed by atoms with Crippen LogP contribution in [-0.2, 0) is 0 Å². The van der Waals surface area contributed by atoms with Crippen LogP contribution in [0.4, 0.5) is 10.1 Å². The molecule has 7 heteroatoms. The van der Waals surface area contributed by atoms with Gasteiger partial charge in [0.1, 0.15) is 5.82 Å². The summed E-state index contributed by atoms with van der Waals surface area (Å²) >= 11 is 17.0. The molecule has 0 saturated carbocycles. The second-order valence-corrected chi connectivity index (χ2v) is 5.59. The van der Waals surface area contributed by atoms with Gasteiger partial charge in [-0.2, -0.15) is 5.10 Å². The largest absolute Gasteiger partial charge is 0.331 e. The smallest absolute Gasteiger partial charge is 0.191 e. The molecule has 0 heterocycles. The van der Waals surface area contributed by atoms with Crippen molar-refractivity contribution in [2.24, 2.45) is 5.10 Å². The molecular weight excluding hydrogens is 344 g/mol. The van der Waals surface area contributed by atoms with E-state index in [2.05, 4.69) is 15.8 Å². The number of nitrogens with one attached hydrogen (secondary N) is 2. The number of halogens is 3. The van der Waals surface area contributed by atoms with Crippen molar-refractivity contribution in [3.05, 3.63) is 63.4 Å². The van der Waals surface area contributed by atoms with Crippen LogP contribution in [0, 0.1) is 12.7 Å². The number of anilines is 1. The molecule has 0 amide bonds. The fourth-order valence-corrected chi connectivity index (χ4v) is 2.23. The third-order valence-corrected chi connectivity index (χ3v) is 3.81. The van der Waals surface area contributed by atoms with Crippen molar-refractivity contribution in [3.63, 3.8) is 0 Å². The Labute approximate surface area is 143 Å². The lowest BCUT2D eigenvalue weighted by Gasteiger charge is -2.10. The van der Waals surface area contributed by atoms with Crippen LogP contribution in [0.25, 0.3) is 0 Å². The van der Waals surface area contributed by atoms with Gasteiger partial charge >= 0.3 is 0 Å². The second-order valence-electron chi connectivity index (χ2n) is 4.37. The molecule has 0 bridgehead atoms. The molecule has 0 spiro atoms. The molecule has 0 aromatic heterocycles. The van der Waals surface area contributed by atoms with Gasteiger partial charge in [-0.15, -0.1) is 0 Å². The fourth-order valence-electron chi connectivity index (χ4n) is 1.68. The molecule has 0 atom stereocenters. The van der Waals surface area contributed by atoms with Crippen molar-refractivity contribution in [3.8, 4) is 0 Å². The fraction of sp³-hybridized carbons (Fsp3) is 0.0667. The Hall–Kier alpha value is -1.69. The molecular formula is C15H12Cl2FN3S. The average Bonchev–Trinajstić information content (AvgIpc) is 2.47. The number of rotatable bonds is 3. The van der Waals surface area contributed by atoms with E-state index >= 15 is 0 Å². The van der Waals surface area contributed by atoms with Crippen molar-refractivity contribution in [1.82, 2.24) is 5.43 Å². The van der Waals surface area contributed by atoms with Gasteiger partial charge in [0.05, 0.1) is 11.2 Å². The Balaban J connectivity index is 2.01. The quantitative estimate of drug-likeness (QED) is 0.473. The molecule has 0 aliphatic heterocycles. The van der Waals surface area contributed by atoms with Gasteiger partial charge < -0.3 is 5.32 Å². The van der Waals surface area contributed by atoms with Gasteiger partial charge in [-0.05, 0) is 49.0 Å². The van der Waals surface area contributed by atoms with E-state index in [0.717, 1.165) is 11.3 Å². The van der Waals surface area contributed by atoms with Gasteiger partial charge in [0, 0.05) is 16.3 Å². The summed E-state index contributed by atoms with van der Waals surface area (Å²) in [5.41, 5.74) is 4.43. The molecule has 2 rings (SSSR count). The van der Waals surface area contributed by atoms with Crippen LogP contribution in [0.1, 0.15) is 11.1 Å². The van der Waals surface area contributed by atoms with Crippen LogP contribution >= 0.6 is 35.4 Å². The van der Waals surface area contributed by atoms with E-state index in [-0.39, 0.29) is 15.7 Å². The average molecular weight is 356 g/mol. The van der Waals surface area contributed by atoms with Crippen molar-refractivity contribution in [1.29, 1.82) is 0 Å². The Morgan fingerprint density at radius 2 is 1.86 bits per heavy atom. The summed E-state index contributed by atoms with van der Waals surface area (Å²) < 4.78 is 13.6. The first kappa shape index (κ1) is 16.7. The zero-order valence-corrected chi connectivity index (χ0v) is 13.9. The number of benzene rings is 2. The van der Waals surface area contributed by atoms with Gasteiger partial charge in [0.2, 0.25) is 0 Å². The normalized spacial score (nSPS) is 10.7. The Kier molecular flexibility index (Phi) is 5.71. The topological polar surface area (TPSA) is 36.4 Å². The van der Waals surface area contributed by atoms with Gasteiger partial charge in [-0.3, -0.25) is 5.43 Å². The van der Waals surface area contributed by atoms with Crippen LogP contribution in [0.15, 0.2) is 41.5 Å². The van der Waals surface area contributed by atoms with Crippen LogP contribution in [0.5, 0.6) is 0 Å². The lowest BCUT2D eigenvalue weighted by Crippen LogP contribution is -2.24. The SMILES string of the molecule is Cc1c(Cl)cccc1NC(=S)N/N=C\c1c(F)cccc1Cl. The molecule has 2 N–H and O–H groups in total. The van der Waals surface area contributed by atoms with Crippen LogP contribution in [-0.4, -0.2) is 11.3 Å². The molecule has 0 fully saturated rings. The minimum atomic E-state index is -0.456. The molecule has 2 aromatic rings. The highest BCUT2D eigenvalue weighted by Crippen LogP contribution is 2.22. The first-order valence-corrected chi connectivity index (χ1v) is 7.44. The zero-order chi connectivity index (χ0) is 16.1. The van der Waals surface area contributed by atoms with Crippen molar-refractivity contribution in [2.75, 3.05) is 5.32 Å². The third kappa shape index (κ3) is 4.16. The number of hydrogen-bond donors (Lipinski definition) is 2. The zero-order valence-electron chi connectivity index (χ0n) is 11.5. The molecule has 0 aliphatic carbocycles. The molecule has 0 aliphatic rings. The van der Waals surface area contributed by atoms with E-state index in [1.54, 1.807) is 12.1 Å². The summed E-state index contributed by atoms with van der Waals surface area (Å²) in [6, 6.07) is 9.85. The maximum Gasteiger partial charge on any atom is 0.191 e. The number of hydrazone groups is 1. The van der Waals surface area contributed by atoms with Crippen LogP contribution < -0.4 is 10.7 Å². The Morgan fingerprint density at radius 3 is 2.59 bits per heavy atom. The van der Waals surface area contributed by atoms with Crippen molar-refractivity contribution >= 4 is 52.4 Å². The molecule has 0 saturated heterocycles. The highest BCUT2D eigenvalue weighted by molar-refractivity contribution is 7.80. The first-order valence-electron chi connectivity index (χ1n) is 6.28. The summed E-state index contributed by atoms with van der Waals surface area (Å²) in [7, 11) is 0. The number of nitrogens with zero attached hydrogens (tertiary/aromatic N) is 1. The van der Waals surface area contributed by atoms with Crippen LogP contribution in [0.3, 0.4) is 0 Å². The summed E-state index contributed by atoms with van der Waals surface area (Å²) in [5.74, 6) is -0.456. The lowest BCUT2D eigenvalue weighted by atomic mass is 10.2. The predicted octanol–water partition coefficient (Wildman–Crippen LogP) is 4.76. The van der Waals surface area contributed by atoms with E-state index < -0.39 is 5.82 Å². The second kappa shape index (κ2) is 7.54. The van der Waals surface area contributed by atoms with Crippen molar-refractivity contribution in [2.45, 2.75) is 6.92 Å². The number of hydrogen-bond acceptors (Lipinski definition) is 2. The molecule has 2 aromatic carbocycles. The maximum absolute atomic E-state index is 13.6. The summed E-state index contributed by atoms with van der Waals surface area (Å²) in [6.45, 7) is 1.87. The molecule has 0 radical (unpaired) electrons. The Morgan fingerprint density at radius 1 is 1.18 bits per heavy atom. The van der Waals surface area contributed by atoms with Gasteiger partial charge in [-0.25, -0.2) is 4.39 Å². The highest BCUT2D eigenvalue weighted by Gasteiger charge is 2.05. The lowest BCUT2D eigenvalue weighted by molar-refractivity contribution is 0.626. The third-order valence-electron chi connectivity index (χ3n) is 2.88. The van der Waals surface area contributed by atoms with E-state index in [4.69, 9.17) is 35.4 Å².